The van der Waals surface area contributed by atoms with Crippen molar-refractivity contribution in [2.75, 3.05) is 4.90 Å². The highest BCUT2D eigenvalue weighted by atomic mass is 32.1. The largest absolute Gasteiger partial charge is 0.310 e. The first-order chi connectivity index (χ1) is 27.3. The van der Waals surface area contributed by atoms with Crippen molar-refractivity contribution in [3.05, 3.63) is 206 Å². The van der Waals surface area contributed by atoms with Gasteiger partial charge in [0.25, 0.3) is 0 Å². The molecule has 0 aliphatic rings. The fraction of sp³-hybridized carbons (Fsp3) is 0. The SMILES string of the molecule is c1ccc(-n2c3ccccc3c3cc(N(c4ccc(-c5cccc6ccccc56)cc4)c4ccccc4-c4cccc5c4sc4ccccc45)ccc32)cc1. The normalized spacial score (nSPS) is 11.6. The van der Waals surface area contributed by atoms with Crippen LogP contribution in [0.5, 0.6) is 0 Å². The van der Waals surface area contributed by atoms with Crippen molar-refractivity contribution in [3.63, 3.8) is 0 Å². The lowest BCUT2D eigenvalue weighted by Gasteiger charge is -2.28. The lowest BCUT2D eigenvalue weighted by atomic mass is 9.97. The number of aromatic nitrogens is 1. The third-order valence-corrected chi connectivity index (χ3v) is 12.2. The maximum atomic E-state index is 2.45. The Balaban J connectivity index is 1.14. The van der Waals surface area contributed by atoms with Crippen LogP contribution >= 0.6 is 11.3 Å². The lowest BCUT2D eigenvalue weighted by molar-refractivity contribution is 1.18. The van der Waals surface area contributed by atoms with Gasteiger partial charge in [-0.2, -0.15) is 0 Å². The second-order valence-electron chi connectivity index (χ2n) is 14.1. The van der Waals surface area contributed by atoms with Gasteiger partial charge >= 0.3 is 0 Å². The quantitative estimate of drug-likeness (QED) is 0.166. The van der Waals surface area contributed by atoms with Crippen LogP contribution in [0.2, 0.25) is 0 Å². The molecule has 2 aromatic heterocycles. The zero-order chi connectivity index (χ0) is 36.3. The number of anilines is 3. The zero-order valence-corrected chi connectivity index (χ0v) is 30.7. The number of benzene rings is 9. The fourth-order valence-corrected chi connectivity index (χ4v) is 9.74. The molecule has 0 spiro atoms. The van der Waals surface area contributed by atoms with Gasteiger partial charge in [0.1, 0.15) is 0 Å². The maximum absolute atomic E-state index is 2.45. The Morgan fingerprint density at radius 3 is 1.89 bits per heavy atom. The second-order valence-corrected chi connectivity index (χ2v) is 15.1. The van der Waals surface area contributed by atoms with Gasteiger partial charge in [0, 0.05) is 59.1 Å². The van der Waals surface area contributed by atoms with E-state index in [2.05, 4.69) is 216 Å². The molecule has 0 saturated heterocycles. The molecular weight excluding hydrogens is 685 g/mol. The van der Waals surface area contributed by atoms with Gasteiger partial charge in [-0.05, 0) is 82.6 Å². The van der Waals surface area contributed by atoms with Crippen LogP contribution in [0.3, 0.4) is 0 Å². The molecule has 0 saturated carbocycles. The lowest BCUT2D eigenvalue weighted by Crippen LogP contribution is -2.11. The molecule has 0 aliphatic heterocycles. The fourth-order valence-electron chi connectivity index (χ4n) is 8.51. The van der Waals surface area contributed by atoms with E-state index in [1.807, 2.05) is 11.3 Å². The highest BCUT2D eigenvalue weighted by molar-refractivity contribution is 7.26. The number of hydrogen-bond donors (Lipinski definition) is 0. The summed E-state index contributed by atoms with van der Waals surface area (Å²) < 4.78 is 5.00. The monoisotopic (exact) mass is 718 g/mol. The minimum atomic E-state index is 1.10. The number of nitrogens with zero attached hydrogens (tertiary/aromatic N) is 2. The Kier molecular flexibility index (Phi) is 7.39. The highest BCUT2D eigenvalue weighted by Gasteiger charge is 2.21. The molecule has 0 amide bonds. The van der Waals surface area contributed by atoms with E-state index < -0.39 is 0 Å². The topological polar surface area (TPSA) is 8.17 Å². The van der Waals surface area contributed by atoms with Crippen molar-refractivity contribution in [1.29, 1.82) is 0 Å². The first-order valence-corrected chi connectivity index (χ1v) is 19.6. The van der Waals surface area contributed by atoms with Gasteiger partial charge in [-0.1, -0.05) is 146 Å². The standard InChI is InChI=1S/C52H34N2S/c1-2-16-37(17-3-1)54-49-26-10-7-20-43(49)47-34-39(32-33-50(47)54)53(38-30-28-36(29-31-38)41-22-12-15-35-14-4-5-18-40(35)41)48-25-9-6-19-42(48)45-23-13-24-46-44-21-8-11-27-51(44)55-52(45)46/h1-34H. The van der Waals surface area contributed by atoms with Gasteiger partial charge < -0.3 is 9.47 Å². The number of thiophene rings is 1. The van der Waals surface area contributed by atoms with Crippen LogP contribution < -0.4 is 4.90 Å². The Hall–Kier alpha value is -6.94. The molecule has 2 heterocycles. The van der Waals surface area contributed by atoms with Crippen molar-refractivity contribution in [3.8, 4) is 27.9 Å². The predicted molar refractivity (Wildman–Crippen MR) is 237 cm³/mol. The molecule has 0 radical (unpaired) electrons. The molecule has 258 valence electrons. The third kappa shape index (κ3) is 5.16. The molecule has 0 N–H and O–H groups in total. The molecule has 9 aromatic carbocycles. The zero-order valence-electron chi connectivity index (χ0n) is 29.9. The van der Waals surface area contributed by atoms with Crippen LogP contribution in [0.25, 0.3) is 80.7 Å². The van der Waals surface area contributed by atoms with Crippen LogP contribution in [0.4, 0.5) is 17.1 Å². The summed E-state index contributed by atoms with van der Waals surface area (Å²) in [5, 5.41) is 7.57. The van der Waals surface area contributed by atoms with Gasteiger partial charge in [0.05, 0.1) is 16.7 Å². The van der Waals surface area contributed by atoms with Crippen molar-refractivity contribution in [1.82, 2.24) is 4.57 Å². The first kappa shape index (κ1) is 31.6. The predicted octanol–water partition coefficient (Wildman–Crippen LogP) is 15.1. The molecule has 2 nitrogen and oxygen atoms in total. The number of para-hydroxylation sites is 3. The summed E-state index contributed by atoms with van der Waals surface area (Å²) >= 11 is 1.88. The average molecular weight is 719 g/mol. The third-order valence-electron chi connectivity index (χ3n) is 11.0. The van der Waals surface area contributed by atoms with E-state index >= 15 is 0 Å². The minimum absolute atomic E-state index is 1.10. The summed E-state index contributed by atoms with van der Waals surface area (Å²) in [5.41, 5.74) is 11.8. The summed E-state index contributed by atoms with van der Waals surface area (Å²) in [7, 11) is 0. The van der Waals surface area contributed by atoms with Crippen molar-refractivity contribution < 1.29 is 0 Å². The molecule has 11 rings (SSSR count). The van der Waals surface area contributed by atoms with Gasteiger partial charge in [-0.25, -0.2) is 0 Å². The van der Waals surface area contributed by atoms with Gasteiger partial charge in [-0.3, -0.25) is 0 Å². The Bertz CT molecular complexity index is 3200. The molecule has 55 heavy (non-hydrogen) atoms. The number of rotatable bonds is 6. The minimum Gasteiger partial charge on any atom is -0.310 e. The number of hydrogen-bond acceptors (Lipinski definition) is 2. The molecule has 0 atom stereocenters. The summed E-state index contributed by atoms with van der Waals surface area (Å²) in [6.45, 7) is 0. The summed E-state index contributed by atoms with van der Waals surface area (Å²) in [4.78, 5) is 2.45. The van der Waals surface area contributed by atoms with Crippen molar-refractivity contribution in [2.45, 2.75) is 0 Å². The molecule has 0 bridgehead atoms. The average Bonchev–Trinajstić information content (AvgIpc) is 3.80. The Labute approximate surface area is 323 Å². The summed E-state index contributed by atoms with van der Waals surface area (Å²) in [6.07, 6.45) is 0. The van der Waals surface area contributed by atoms with E-state index in [9.17, 15) is 0 Å². The molecule has 3 heteroatoms. The van der Waals surface area contributed by atoms with Crippen LogP contribution in [-0.4, -0.2) is 4.57 Å². The van der Waals surface area contributed by atoms with Gasteiger partial charge in [0.15, 0.2) is 0 Å². The van der Waals surface area contributed by atoms with Crippen molar-refractivity contribution in [2.24, 2.45) is 0 Å². The number of fused-ring (bicyclic) bond motifs is 7. The maximum Gasteiger partial charge on any atom is 0.0542 e. The van der Waals surface area contributed by atoms with Gasteiger partial charge in [0.2, 0.25) is 0 Å². The van der Waals surface area contributed by atoms with E-state index in [1.165, 1.54) is 75.0 Å². The molecule has 0 fully saturated rings. The smallest absolute Gasteiger partial charge is 0.0542 e. The van der Waals surface area contributed by atoms with Gasteiger partial charge in [-0.15, -0.1) is 11.3 Å². The molecular formula is C52H34N2S. The van der Waals surface area contributed by atoms with Crippen LogP contribution in [0.1, 0.15) is 0 Å². The van der Waals surface area contributed by atoms with E-state index in [4.69, 9.17) is 0 Å². The van der Waals surface area contributed by atoms with E-state index in [0.717, 1.165) is 22.7 Å². The molecule has 0 aliphatic carbocycles. The van der Waals surface area contributed by atoms with E-state index in [1.54, 1.807) is 0 Å². The van der Waals surface area contributed by atoms with E-state index in [-0.39, 0.29) is 0 Å². The van der Waals surface area contributed by atoms with Crippen LogP contribution in [-0.2, 0) is 0 Å². The summed E-state index contributed by atoms with van der Waals surface area (Å²) in [5.74, 6) is 0. The van der Waals surface area contributed by atoms with Crippen LogP contribution in [0, 0.1) is 0 Å². The van der Waals surface area contributed by atoms with Crippen LogP contribution in [0.15, 0.2) is 206 Å². The van der Waals surface area contributed by atoms with Crippen molar-refractivity contribution >= 4 is 81.1 Å². The molecule has 11 aromatic rings. The van der Waals surface area contributed by atoms with E-state index in [0.29, 0.717) is 0 Å². The Morgan fingerprint density at radius 2 is 1.00 bits per heavy atom. The molecule has 0 unspecified atom stereocenters. The Morgan fingerprint density at radius 1 is 0.382 bits per heavy atom. The second kappa shape index (κ2) is 12.9. The highest BCUT2D eigenvalue weighted by Crippen LogP contribution is 2.47. The summed E-state index contributed by atoms with van der Waals surface area (Å²) in [6, 6.07) is 75.2. The first-order valence-electron chi connectivity index (χ1n) is 18.8.